The average Bonchev–Trinajstić information content (AvgIpc) is 2.39. The van der Waals surface area contributed by atoms with Crippen molar-refractivity contribution < 1.29 is 37.4 Å². The summed E-state index contributed by atoms with van der Waals surface area (Å²) in [5, 5.41) is 0. The molecule has 5 heteroatoms. The number of nitrogens with zero attached hydrogens (tertiary/aromatic N) is 1. The molecule has 1 heterocycles. The van der Waals surface area contributed by atoms with E-state index in [4.69, 9.17) is 4.74 Å². The van der Waals surface area contributed by atoms with E-state index < -0.39 is 0 Å². The summed E-state index contributed by atoms with van der Waals surface area (Å²) < 4.78 is 7.48. The fourth-order valence-corrected chi connectivity index (χ4v) is 3.33. The Hall–Kier alpha value is 1.20. The molecule has 0 atom stereocenters. The third-order valence-electron chi connectivity index (χ3n) is 3.33. The number of ether oxygens (including phenoxy) is 1. The smallest absolute Gasteiger partial charge is 0.0594 e. The Bertz CT molecular complexity index is 388. The van der Waals surface area contributed by atoms with Gasteiger partial charge in [0.25, 0.3) is 0 Å². The van der Waals surface area contributed by atoms with Gasteiger partial charge in [0.15, 0.2) is 0 Å². The van der Waals surface area contributed by atoms with Gasteiger partial charge in [-0.05, 0) is 43.5 Å². The zero-order valence-corrected chi connectivity index (χ0v) is 19.4. The van der Waals surface area contributed by atoms with E-state index in [2.05, 4.69) is 76.6 Å². The van der Waals surface area contributed by atoms with E-state index >= 15 is 0 Å². The van der Waals surface area contributed by atoms with Crippen molar-refractivity contribution >= 4 is 31.9 Å². The molecule has 1 aromatic carbocycles. The maximum Gasteiger partial charge on any atom is 0.0594 e. The predicted octanol–water partition coefficient (Wildman–Crippen LogP) is 6.97. The topological polar surface area (TPSA) is 12.5 Å². The first-order chi connectivity index (χ1) is 9.40. The summed E-state index contributed by atoms with van der Waals surface area (Å²) in [7, 11) is 0. The van der Waals surface area contributed by atoms with Crippen molar-refractivity contribution in [1.82, 2.24) is 4.90 Å². The molecule has 1 fully saturated rings. The number of morpholine rings is 1. The van der Waals surface area contributed by atoms with Crippen molar-refractivity contribution in [3.8, 4) is 0 Å². The van der Waals surface area contributed by atoms with Crippen molar-refractivity contribution in [2.24, 2.45) is 0 Å². The van der Waals surface area contributed by atoms with E-state index in [9.17, 15) is 0 Å². The van der Waals surface area contributed by atoms with Crippen LogP contribution in [0.5, 0.6) is 0 Å². The molecule has 1 aliphatic rings. The van der Waals surface area contributed by atoms with Gasteiger partial charge in [0.1, 0.15) is 0 Å². The van der Waals surface area contributed by atoms with Gasteiger partial charge < -0.3 is 4.74 Å². The van der Waals surface area contributed by atoms with Gasteiger partial charge in [0.05, 0.1) is 13.2 Å². The summed E-state index contributed by atoms with van der Waals surface area (Å²) in [5.74, 6) is 0.587. The Morgan fingerprint density at radius 2 is 1.29 bits per heavy atom. The van der Waals surface area contributed by atoms with Gasteiger partial charge in [-0.15, -0.1) is 0 Å². The van der Waals surface area contributed by atoms with Gasteiger partial charge in [0.2, 0.25) is 0 Å². The Morgan fingerprint density at radius 1 is 0.875 bits per heavy atom. The van der Waals surface area contributed by atoms with Crippen LogP contribution in [0.4, 0.5) is 0 Å². The van der Waals surface area contributed by atoms with Crippen LogP contribution in [0.3, 0.4) is 0 Å². The van der Waals surface area contributed by atoms with Gasteiger partial charge in [-0.25, -0.2) is 0 Å². The van der Waals surface area contributed by atoms with Crippen LogP contribution in [0.15, 0.2) is 27.1 Å². The molecule has 141 valence electrons. The second-order valence-corrected chi connectivity index (χ2v) is 7.43. The molecule has 0 N–H and O–H groups in total. The van der Waals surface area contributed by atoms with Gasteiger partial charge in [-0.2, -0.15) is 0 Å². The van der Waals surface area contributed by atoms with Gasteiger partial charge in [0, 0.05) is 60.8 Å². The van der Waals surface area contributed by atoms with Crippen LogP contribution in [0.25, 0.3) is 0 Å². The van der Waals surface area contributed by atoms with Crippen LogP contribution in [-0.4, -0.2) is 37.2 Å². The first-order valence-corrected chi connectivity index (χ1v) is 8.76. The number of benzene rings is 1. The largest absolute Gasteiger partial charge is 0.379 e. The molecule has 0 amide bonds. The molecule has 2 nitrogen and oxygen atoms in total. The minimum atomic E-state index is 0. The third kappa shape index (κ3) is 13.4. The normalized spacial score (nSPS) is 13.5. The van der Waals surface area contributed by atoms with Crippen molar-refractivity contribution in [1.29, 1.82) is 0 Å². The van der Waals surface area contributed by atoms with Crippen LogP contribution in [0, 0.1) is 0 Å². The summed E-state index contributed by atoms with van der Waals surface area (Å²) in [4.78, 5) is 2.43. The maximum absolute atomic E-state index is 5.21. The Morgan fingerprint density at radius 3 is 1.58 bits per heavy atom. The predicted molar refractivity (Wildman–Crippen MR) is 114 cm³/mol. The Balaban J connectivity index is -0.000000145. The van der Waals surface area contributed by atoms with Crippen LogP contribution >= 0.6 is 31.9 Å². The summed E-state index contributed by atoms with van der Waals surface area (Å²) in [6.07, 6.45) is 0. The second-order valence-electron chi connectivity index (χ2n) is 5.60. The molecule has 0 bridgehead atoms. The van der Waals surface area contributed by atoms with Crippen LogP contribution in [0.2, 0.25) is 0 Å². The number of hydrogen-bond acceptors (Lipinski definition) is 2. The van der Waals surface area contributed by atoms with E-state index in [1.807, 2.05) is 6.07 Å². The quantitative estimate of drug-likeness (QED) is 0.399. The van der Waals surface area contributed by atoms with Gasteiger partial charge >= 0.3 is 0 Å². The number of rotatable bonds is 2. The van der Waals surface area contributed by atoms with Crippen LogP contribution in [0.1, 0.15) is 61.5 Å². The van der Waals surface area contributed by atoms with Crippen molar-refractivity contribution in [3.63, 3.8) is 0 Å². The van der Waals surface area contributed by atoms with Crippen molar-refractivity contribution in [3.05, 3.63) is 32.7 Å². The molecule has 0 saturated carbocycles. The third-order valence-corrected chi connectivity index (χ3v) is 4.24. The zero-order valence-electron chi connectivity index (χ0n) is 13.4. The minimum absolute atomic E-state index is 0. The number of halogens is 2. The summed E-state index contributed by atoms with van der Waals surface area (Å²) >= 11 is 6.90. The molecule has 0 aliphatic carbocycles. The molecular formula is C19H37Br2NOY. The van der Waals surface area contributed by atoms with Gasteiger partial charge in [-0.1, -0.05) is 68.0 Å². The molecule has 1 aliphatic heterocycles. The second kappa shape index (κ2) is 17.6. The SMILES string of the molecule is C.C.C.CC(C)N1CCOCC1.CC(C)c1cc(Br)cc(Br)c1.[Y]. The van der Waals surface area contributed by atoms with Gasteiger partial charge in [-0.3, -0.25) is 4.90 Å². The monoisotopic (exact) mass is 542 g/mol. The zero-order chi connectivity index (χ0) is 15.1. The fraction of sp³-hybridized carbons (Fsp3) is 0.684. The van der Waals surface area contributed by atoms with E-state index in [-0.39, 0.29) is 55.0 Å². The average molecular weight is 544 g/mol. The maximum atomic E-state index is 5.21. The molecular weight excluding hydrogens is 507 g/mol. The summed E-state index contributed by atoms with van der Waals surface area (Å²) in [5.41, 5.74) is 1.35. The van der Waals surface area contributed by atoms with E-state index in [1.165, 1.54) is 5.56 Å². The Kier molecular flexibility index (Phi) is 24.1. The molecule has 0 unspecified atom stereocenters. The molecule has 24 heavy (non-hydrogen) atoms. The van der Waals surface area contributed by atoms with Crippen molar-refractivity contribution in [2.75, 3.05) is 26.3 Å². The first-order valence-electron chi connectivity index (χ1n) is 7.18. The van der Waals surface area contributed by atoms with Crippen molar-refractivity contribution in [2.45, 2.75) is 61.9 Å². The van der Waals surface area contributed by atoms with E-state index in [0.29, 0.717) is 12.0 Å². The number of hydrogen-bond donors (Lipinski definition) is 0. The Labute approximate surface area is 193 Å². The first kappa shape index (κ1) is 32.8. The molecule has 1 radical (unpaired) electrons. The van der Waals surface area contributed by atoms with E-state index in [0.717, 1.165) is 35.2 Å². The fourth-order valence-electron chi connectivity index (χ4n) is 2.00. The summed E-state index contributed by atoms with van der Waals surface area (Å²) in [6.45, 7) is 12.9. The minimum Gasteiger partial charge on any atom is -0.379 e. The molecule has 2 rings (SSSR count). The molecule has 0 aromatic heterocycles. The standard InChI is InChI=1S/C9H10Br2.C7H15NO.3CH4.Y/c1-6(2)7-3-8(10)5-9(11)4-7;1-7(2)8-3-5-9-6-4-8;;;;/h3-6H,1-2H3;7H,3-6H2,1-2H3;3*1H4;. The molecule has 1 aromatic rings. The summed E-state index contributed by atoms with van der Waals surface area (Å²) in [6, 6.07) is 7.03. The van der Waals surface area contributed by atoms with E-state index in [1.54, 1.807) is 0 Å². The molecule has 1 saturated heterocycles. The van der Waals surface area contributed by atoms with Crippen LogP contribution < -0.4 is 0 Å². The molecule has 0 spiro atoms. The van der Waals surface area contributed by atoms with Crippen LogP contribution in [-0.2, 0) is 37.4 Å².